The van der Waals surface area contributed by atoms with Gasteiger partial charge in [-0.25, -0.2) is 0 Å². The molecule has 0 saturated carbocycles. The SMILES string of the molecule is Brc1ccc(C2=NO[CH]C2)nc1. The Labute approximate surface area is 78.6 Å². The molecule has 0 N–H and O–H groups in total. The van der Waals surface area contributed by atoms with Gasteiger partial charge in [0.05, 0.1) is 5.69 Å². The van der Waals surface area contributed by atoms with Crippen molar-refractivity contribution >= 4 is 21.6 Å². The van der Waals surface area contributed by atoms with Crippen molar-refractivity contribution in [3.05, 3.63) is 35.1 Å². The maximum absolute atomic E-state index is 4.75. The molecular weight excluding hydrogens is 220 g/mol. The number of pyridine rings is 1. The van der Waals surface area contributed by atoms with E-state index in [1.165, 1.54) is 0 Å². The van der Waals surface area contributed by atoms with Crippen molar-refractivity contribution in [1.82, 2.24) is 4.98 Å². The lowest BCUT2D eigenvalue weighted by molar-refractivity contribution is 0.234. The molecule has 1 aromatic heterocycles. The highest BCUT2D eigenvalue weighted by Crippen LogP contribution is 2.13. The Morgan fingerprint density at radius 3 is 2.92 bits per heavy atom. The molecule has 0 atom stereocenters. The van der Waals surface area contributed by atoms with Crippen LogP contribution in [0.1, 0.15) is 12.1 Å². The van der Waals surface area contributed by atoms with Crippen molar-refractivity contribution in [2.24, 2.45) is 5.16 Å². The number of hydrogen-bond acceptors (Lipinski definition) is 3. The van der Waals surface area contributed by atoms with E-state index in [9.17, 15) is 0 Å². The van der Waals surface area contributed by atoms with E-state index in [0.717, 1.165) is 22.3 Å². The molecule has 0 bridgehead atoms. The van der Waals surface area contributed by atoms with E-state index in [2.05, 4.69) is 26.1 Å². The Balaban J connectivity index is 2.28. The van der Waals surface area contributed by atoms with Crippen LogP contribution in [-0.4, -0.2) is 10.7 Å². The zero-order valence-electron chi connectivity index (χ0n) is 6.20. The van der Waals surface area contributed by atoms with Crippen molar-refractivity contribution in [2.45, 2.75) is 6.42 Å². The maximum Gasteiger partial charge on any atom is 0.172 e. The Hall–Kier alpha value is -0.900. The molecular formula is C8H6BrN2O. The van der Waals surface area contributed by atoms with E-state index in [1.54, 1.807) is 12.8 Å². The van der Waals surface area contributed by atoms with E-state index >= 15 is 0 Å². The average Bonchev–Trinajstić information content (AvgIpc) is 2.58. The first-order valence-corrected chi connectivity index (χ1v) is 4.32. The molecule has 0 fully saturated rings. The topological polar surface area (TPSA) is 34.5 Å². The fraction of sp³-hybridized carbons (Fsp3) is 0.125. The summed E-state index contributed by atoms with van der Waals surface area (Å²) in [6.07, 6.45) is 2.48. The first-order chi connectivity index (χ1) is 5.86. The standard InChI is InChI=1S/C8H6BrN2O/c9-6-1-2-7(10-5-6)8-3-4-12-11-8/h1-2,4-5H,3H2. The van der Waals surface area contributed by atoms with Crippen LogP contribution in [0.3, 0.4) is 0 Å². The highest BCUT2D eigenvalue weighted by molar-refractivity contribution is 9.10. The van der Waals surface area contributed by atoms with Gasteiger partial charge >= 0.3 is 0 Å². The minimum absolute atomic E-state index is 0.731. The second-order valence-electron chi connectivity index (χ2n) is 2.38. The monoisotopic (exact) mass is 225 g/mol. The lowest BCUT2D eigenvalue weighted by atomic mass is 10.2. The number of aromatic nitrogens is 1. The van der Waals surface area contributed by atoms with Gasteiger partial charge in [0, 0.05) is 17.1 Å². The van der Waals surface area contributed by atoms with E-state index in [1.807, 2.05) is 12.1 Å². The minimum Gasteiger partial charge on any atom is -0.388 e. The van der Waals surface area contributed by atoms with Crippen molar-refractivity contribution in [3.8, 4) is 0 Å². The molecule has 12 heavy (non-hydrogen) atoms. The third kappa shape index (κ3) is 1.48. The van der Waals surface area contributed by atoms with Crippen LogP contribution >= 0.6 is 15.9 Å². The summed E-state index contributed by atoms with van der Waals surface area (Å²) in [7, 11) is 0. The third-order valence-corrected chi connectivity index (χ3v) is 2.01. The quantitative estimate of drug-likeness (QED) is 0.735. The van der Waals surface area contributed by atoms with Gasteiger partial charge in [0.25, 0.3) is 0 Å². The van der Waals surface area contributed by atoms with Crippen LogP contribution < -0.4 is 0 Å². The first-order valence-electron chi connectivity index (χ1n) is 3.52. The summed E-state index contributed by atoms with van der Waals surface area (Å²) in [6.45, 7) is 1.65. The Morgan fingerprint density at radius 1 is 1.42 bits per heavy atom. The highest BCUT2D eigenvalue weighted by atomic mass is 79.9. The summed E-state index contributed by atoms with van der Waals surface area (Å²) in [5.41, 5.74) is 1.74. The highest BCUT2D eigenvalue weighted by Gasteiger charge is 2.11. The molecule has 4 heteroatoms. The number of rotatable bonds is 1. The Bertz CT molecular complexity index is 307. The van der Waals surface area contributed by atoms with Crippen molar-refractivity contribution in [2.75, 3.05) is 0 Å². The number of oxime groups is 1. The normalized spacial score (nSPS) is 15.6. The smallest absolute Gasteiger partial charge is 0.172 e. The molecule has 0 spiro atoms. The second kappa shape index (κ2) is 3.23. The first kappa shape index (κ1) is 7.73. The zero-order chi connectivity index (χ0) is 8.39. The summed E-state index contributed by atoms with van der Waals surface area (Å²) >= 11 is 3.31. The van der Waals surface area contributed by atoms with Crippen LogP contribution in [0.4, 0.5) is 0 Å². The van der Waals surface area contributed by atoms with Gasteiger partial charge in [-0.2, -0.15) is 0 Å². The average molecular weight is 226 g/mol. The maximum atomic E-state index is 4.75. The van der Waals surface area contributed by atoms with E-state index in [4.69, 9.17) is 4.84 Å². The van der Waals surface area contributed by atoms with Gasteiger partial charge in [0.15, 0.2) is 6.61 Å². The van der Waals surface area contributed by atoms with Crippen LogP contribution in [-0.2, 0) is 4.84 Å². The van der Waals surface area contributed by atoms with Crippen LogP contribution in [0.5, 0.6) is 0 Å². The fourth-order valence-electron chi connectivity index (χ4n) is 0.952. The van der Waals surface area contributed by atoms with Crippen LogP contribution in [0.25, 0.3) is 0 Å². The van der Waals surface area contributed by atoms with E-state index in [0.29, 0.717) is 0 Å². The summed E-state index contributed by atoms with van der Waals surface area (Å²) in [6, 6.07) is 3.84. The number of hydrogen-bond donors (Lipinski definition) is 0. The third-order valence-electron chi connectivity index (χ3n) is 1.54. The van der Waals surface area contributed by atoms with Gasteiger partial charge in [0.1, 0.15) is 5.71 Å². The second-order valence-corrected chi connectivity index (χ2v) is 3.29. The molecule has 0 amide bonds. The summed E-state index contributed by atoms with van der Waals surface area (Å²) in [5.74, 6) is 0. The molecule has 2 rings (SSSR count). The van der Waals surface area contributed by atoms with Crippen molar-refractivity contribution in [1.29, 1.82) is 0 Å². The molecule has 0 aliphatic carbocycles. The predicted molar refractivity (Wildman–Crippen MR) is 48.5 cm³/mol. The van der Waals surface area contributed by atoms with Crippen molar-refractivity contribution < 1.29 is 4.84 Å². The van der Waals surface area contributed by atoms with Gasteiger partial charge < -0.3 is 4.84 Å². The van der Waals surface area contributed by atoms with Crippen LogP contribution in [0.2, 0.25) is 0 Å². The largest absolute Gasteiger partial charge is 0.388 e. The zero-order valence-corrected chi connectivity index (χ0v) is 7.78. The molecule has 1 aliphatic heterocycles. The fourth-order valence-corrected chi connectivity index (χ4v) is 1.19. The lowest BCUT2D eigenvalue weighted by Crippen LogP contribution is -1.98. The van der Waals surface area contributed by atoms with E-state index < -0.39 is 0 Å². The molecule has 1 aromatic rings. The molecule has 0 aromatic carbocycles. The Morgan fingerprint density at radius 2 is 2.33 bits per heavy atom. The molecule has 0 unspecified atom stereocenters. The van der Waals surface area contributed by atoms with Crippen LogP contribution in [0, 0.1) is 6.61 Å². The van der Waals surface area contributed by atoms with Crippen LogP contribution in [0.15, 0.2) is 28.0 Å². The summed E-state index contributed by atoms with van der Waals surface area (Å²) < 4.78 is 0.967. The van der Waals surface area contributed by atoms with Gasteiger partial charge in [-0.15, -0.1) is 0 Å². The number of nitrogens with zero attached hydrogens (tertiary/aromatic N) is 2. The van der Waals surface area contributed by atoms with Gasteiger partial charge in [0.2, 0.25) is 0 Å². The molecule has 61 valence electrons. The molecule has 1 aliphatic rings. The van der Waals surface area contributed by atoms with E-state index in [-0.39, 0.29) is 0 Å². The molecule has 2 heterocycles. The number of halogens is 1. The summed E-state index contributed by atoms with van der Waals surface area (Å²) in [5, 5.41) is 3.82. The van der Waals surface area contributed by atoms with Crippen molar-refractivity contribution in [3.63, 3.8) is 0 Å². The predicted octanol–water partition coefficient (Wildman–Crippen LogP) is 2.13. The Kier molecular flexibility index (Phi) is 2.08. The van der Waals surface area contributed by atoms with Gasteiger partial charge in [-0.05, 0) is 28.1 Å². The minimum atomic E-state index is 0.731. The lowest BCUT2D eigenvalue weighted by Gasteiger charge is -1.95. The molecule has 1 radical (unpaired) electrons. The summed E-state index contributed by atoms with van der Waals surface area (Å²) in [4.78, 5) is 8.94. The van der Waals surface area contributed by atoms with Gasteiger partial charge in [-0.3, -0.25) is 4.98 Å². The molecule has 0 saturated heterocycles. The van der Waals surface area contributed by atoms with Gasteiger partial charge in [-0.1, -0.05) is 5.16 Å². The molecule has 3 nitrogen and oxygen atoms in total.